The molecule has 1 N–H and O–H groups in total. The third-order valence-electron chi connectivity index (χ3n) is 2.93. The van der Waals surface area contributed by atoms with Crippen molar-refractivity contribution in [1.29, 1.82) is 0 Å². The fourth-order valence-corrected chi connectivity index (χ4v) is 2.45. The van der Waals surface area contributed by atoms with Crippen LogP contribution >= 0.6 is 11.3 Å². The monoisotopic (exact) mass is 277 g/mol. The summed E-state index contributed by atoms with van der Waals surface area (Å²) in [5, 5.41) is 11.2. The molecule has 19 heavy (non-hydrogen) atoms. The smallest absolute Gasteiger partial charge is 0.307 e. The molecule has 0 aliphatic rings. The first-order valence-electron chi connectivity index (χ1n) is 5.92. The Morgan fingerprint density at radius 2 is 2.11 bits per heavy atom. The van der Waals surface area contributed by atoms with Crippen LogP contribution in [0.5, 0.6) is 5.75 Å². The molecule has 0 saturated heterocycles. The largest absolute Gasteiger partial charge is 0.497 e. The Morgan fingerprint density at radius 1 is 1.37 bits per heavy atom. The molecule has 0 spiro atoms. The van der Waals surface area contributed by atoms with E-state index < -0.39 is 11.9 Å². The molecule has 5 heteroatoms. The zero-order valence-electron chi connectivity index (χ0n) is 10.6. The van der Waals surface area contributed by atoms with Crippen molar-refractivity contribution in [1.82, 2.24) is 4.98 Å². The molecule has 0 fully saturated rings. The zero-order chi connectivity index (χ0) is 13.7. The molecule has 0 saturated carbocycles. The third-order valence-corrected chi connectivity index (χ3v) is 3.56. The van der Waals surface area contributed by atoms with E-state index in [2.05, 4.69) is 4.98 Å². The SMILES string of the molecule is COc1ccc(CC(Cc2cscn2)C(=O)O)cc1. The predicted molar refractivity (Wildman–Crippen MR) is 73.6 cm³/mol. The van der Waals surface area contributed by atoms with E-state index in [1.165, 1.54) is 11.3 Å². The second kappa shape index (κ2) is 6.33. The molecule has 2 aromatic rings. The van der Waals surface area contributed by atoms with E-state index in [9.17, 15) is 9.90 Å². The van der Waals surface area contributed by atoms with Crippen LogP contribution in [0.15, 0.2) is 35.2 Å². The van der Waals surface area contributed by atoms with Crippen LogP contribution in [0.25, 0.3) is 0 Å². The van der Waals surface area contributed by atoms with Crippen molar-refractivity contribution < 1.29 is 14.6 Å². The van der Waals surface area contributed by atoms with Gasteiger partial charge in [0.05, 0.1) is 24.2 Å². The van der Waals surface area contributed by atoms with Crippen molar-refractivity contribution in [3.63, 3.8) is 0 Å². The lowest BCUT2D eigenvalue weighted by atomic mass is 9.95. The first-order valence-corrected chi connectivity index (χ1v) is 6.86. The number of nitrogens with zero attached hydrogens (tertiary/aromatic N) is 1. The van der Waals surface area contributed by atoms with Crippen LogP contribution in [0.1, 0.15) is 11.3 Å². The van der Waals surface area contributed by atoms with Gasteiger partial charge < -0.3 is 9.84 Å². The molecule has 0 bridgehead atoms. The average Bonchev–Trinajstić information content (AvgIpc) is 2.91. The highest BCUT2D eigenvalue weighted by molar-refractivity contribution is 7.07. The van der Waals surface area contributed by atoms with E-state index in [1.807, 2.05) is 29.6 Å². The van der Waals surface area contributed by atoms with Crippen molar-refractivity contribution in [2.24, 2.45) is 5.92 Å². The highest BCUT2D eigenvalue weighted by Gasteiger charge is 2.19. The Morgan fingerprint density at radius 3 is 2.63 bits per heavy atom. The molecule has 1 aromatic carbocycles. The average molecular weight is 277 g/mol. The van der Waals surface area contributed by atoms with E-state index in [-0.39, 0.29) is 0 Å². The van der Waals surface area contributed by atoms with Crippen LogP contribution in [0, 0.1) is 5.92 Å². The van der Waals surface area contributed by atoms with Gasteiger partial charge in [-0.25, -0.2) is 4.98 Å². The van der Waals surface area contributed by atoms with E-state index in [0.29, 0.717) is 12.8 Å². The number of ether oxygens (including phenoxy) is 1. The summed E-state index contributed by atoms with van der Waals surface area (Å²) in [6.45, 7) is 0. The van der Waals surface area contributed by atoms with Gasteiger partial charge in [-0.3, -0.25) is 4.79 Å². The summed E-state index contributed by atoms with van der Waals surface area (Å²) in [4.78, 5) is 15.4. The summed E-state index contributed by atoms with van der Waals surface area (Å²) < 4.78 is 5.08. The maximum absolute atomic E-state index is 11.3. The van der Waals surface area contributed by atoms with Gasteiger partial charge in [0.1, 0.15) is 5.75 Å². The van der Waals surface area contributed by atoms with Gasteiger partial charge in [0.25, 0.3) is 0 Å². The van der Waals surface area contributed by atoms with Crippen LogP contribution in [-0.2, 0) is 17.6 Å². The van der Waals surface area contributed by atoms with Gasteiger partial charge in [-0.2, -0.15) is 0 Å². The molecule has 0 amide bonds. The van der Waals surface area contributed by atoms with Gasteiger partial charge in [-0.05, 0) is 24.1 Å². The highest BCUT2D eigenvalue weighted by atomic mass is 32.1. The summed E-state index contributed by atoms with van der Waals surface area (Å²) in [6.07, 6.45) is 0.960. The zero-order valence-corrected chi connectivity index (χ0v) is 11.4. The van der Waals surface area contributed by atoms with E-state index in [0.717, 1.165) is 17.0 Å². The molecule has 100 valence electrons. The summed E-state index contributed by atoms with van der Waals surface area (Å²) in [6, 6.07) is 7.49. The van der Waals surface area contributed by atoms with Crippen LogP contribution in [-0.4, -0.2) is 23.2 Å². The Bertz CT molecular complexity index is 522. The normalized spacial score (nSPS) is 12.1. The third kappa shape index (κ3) is 3.79. The molecule has 0 aliphatic heterocycles. The minimum atomic E-state index is -0.788. The Hall–Kier alpha value is -1.88. The predicted octanol–water partition coefficient (Wildman–Crippen LogP) is 2.64. The number of carboxylic acids is 1. The number of hydrogen-bond acceptors (Lipinski definition) is 4. The lowest BCUT2D eigenvalue weighted by Crippen LogP contribution is -2.19. The second-order valence-electron chi connectivity index (χ2n) is 4.27. The first-order chi connectivity index (χ1) is 9.19. The number of rotatable bonds is 6. The maximum Gasteiger partial charge on any atom is 0.307 e. The summed E-state index contributed by atoms with van der Waals surface area (Å²) in [5.41, 5.74) is 3.55. The molecule has 1 unspecified atom stereocenters. The molecule has 1 aromatic heterocycles. The fraction of sp³-hybridized carbons (Fsp3) is 0.286. The molecule has 0 radical (unpaired) electrons. The van der Waals surface area contributed by atoms with Crippen molar-refractivity contribution in [3.05, 3.63) is 46.4 Å². The molecular formula is C14H15NO3S. The van der Waals surface area contributed by atoms with Gasteiger partial charge in [0, 0.05) is 11.8 Å². The number of hydrogen-bond donors (Lipinski definition) is 1. The quantitative estimate of drug-likeness (QED) is 0.881. The van der Waals surface area contributed by atoms with Gasteiger partial charge in [0.2, 0.25) is 0 Å². The molecule has 0 aliphatic carbocycles. The molecule has 2 rings (SSSR count). The summed E-state index contributed by atoms with van der Waals surface area (Å²) >= 11 is 1.48. The van der Waals surface area contributed by atoms with Crippen molar-refractivity contribution in [3.8, 4) is 5.75 Å². The number of carboxylic acid groups (broad SMARTS) is 1. The van der Waals surface area contributed by atoms with Gasteiger partial charge in [0.15, 0.2) is 0 Å². The van der Waals surface area contributed by atoms with Gasteiger partial charge in [-0.15, -0.1) is 11.3 Å². The van der Waals surface area contributed by atoms with Crippen LogP contribution in [0.3, 0.4) is 0 Å². The van der Waals surface area contributed by atoms with Gasteiger partial charge >= 0.3 is 5.97 Å². The number of aliphatic carboxylic acids is 1. The highest BCUT2D eigenvalue weighted by Crippen LogP contribution is 2.18. The Balaban J connectivity index is 2.05. The number of aromatic nitrogens is 1. The molecule has 1 atom stereocenters. The lowest BCUT2D eigenvalue weighted by Gasteiger charge is -2.11. The Kier molecular flexibility index (Phi) is 4.52. The standard InChI is InChI=1S/C14H15NO3S/c1-18-13-4-2-10(3-5-13)6-11(14(16)17)7-12-8-19-9-15-12/h2-5,8-9,11H,6-7H2,1H3,(H,16,17). The van der Waals surface area contributed by atoms with E-state index in [4.69, 9.17) is 4.74 Å². The number of methoxy groups -OCH3 is 1. The van der Waals surface area contributed by atoms with Crippen LogP contribution in [0.4, 0.5) is 0 Å². The van der Waals surface area contributed by atoms with Crippen LogP contribution < -0.4 is 4.74 Å². The number of carbonyl (C=O) groups is 1. The topological polar surface area (TPSA) is 59.4 Å². The van der Waals surface area contributed by atoms with Gasteiger partial charge in [-0.1, -0.05) is 12.1 Å². The minimum absolute atomic E-state index is 0.449. The van der Waals surface area contributed by atoms with E-state index >= 15 is 0 Å². The lowest BCUT2D eigenvalue weighted by molar-refractivity contribution is -0.141. The second-order valence-corrected chi connectivity index (χ2v) is 4.99. The first kappa shape index (κ1) is 13.5. The molecule has 1 heterocycles. The van der Waals surface area contributed by atoms with Crippen molar-refractivity contribution in [2.75, 3.05) is 7.11 Å². The fourth-order valence-electron chi connectivity index (χ4n) is 1.88. The summed E-state index contributed by atoms with van der Waals surface area (Å²) in [7, 11) is 1.61. The van der Waals surface area contributed by atoms with Crippen molar-refractivity contribution >= 4 is 17.3 Å². The van der Waals surface area contributed by atoms with E-state index in [1.54, 1.807) is 12.6 Å². The van der Waals surface area contributed by atoms with Crippen LogP contribution in [0.2, 0.25) is 0 Å². The number of thiazole rings is 1. The summed E-state index contributed by atoms with van der Waals surface area (Å²) in [5.74, 6) is -0.463. The van der Waals surface area contributed by atoms with Crippen molar-refractivity contribution in [2.45, 2.75) is 12.8 Å². The molecule has 4 nitrogen and oxygen atoms in total. The molecular weight excluding hydrogens is 262 g/mol. The minimum Gasteiger partial charge on any atom is -0.497 e. The Labute approximate surface area is 115 Å². The number of benzene rings is 1. The maximum atomic E-state index is 11.3.